The molecule has 1 N–H and O–H groups in total. The van der Waals surface area contributed by atoms with E-state index in [1.54, 1.807) is 11.3 Å². The van der Waals surface area contributed by atoms with E-state index in [1.165, 1.54) is 11.8 Å². The molecule has 0 unspecified atom stereocenters. The van der Waals surface area contributed by atoms with Gasteiger partial charge in [-0.05, 0) is 55.5 Å². The fourth-order valence-electron chi connectivity index (χ4n) is 2.74. The highest BCUT2D eigenvalue weighted by Gasteiger charge is 2.30. The van der Waals surface area contributed by atoms with Crippen molar-refractivity contribution in [2.24, 2.45) is 0 Å². The molecule has 2 heterocycles. The quantitative estimate of drug-likeness (QED) is 0.565. The van der Waals surface area contributed by atoms with Gasteiger partial charge in [-0.15, -0.1) is 21.5 Å². The van der Waals surface area contributed by atoms with Crippen molar-refractivity contribution in [1.29, 1.82) is 0 Å². The Bertz CT molecular complexity index is 902. The minimum absolute atomic E-state index is 0.0628. The number of thiophene rings is 1. The molecule has 1 aliphatic carbocycles. The van der Waals surface area contributed by atoms with E-state index in [-0.39, 0.29) is 5.91 Å². The van der Waals surface area contributed by atoms with Crippen LogP contribution in [0.2, 0.25) is 0 Å². The molecule has 0 atom stereocenters. The molecule has 4 rings (SSSR count). The van der Waals surface area contributed by atoms with Gasteiger partial charge in [0.05, 0.1) is 17.2 Å². The van der Waals surface area contributed by atoms with Gasteiger partial charge in [0.1, 0.15) is 5.75 Å². The van der Waals surface area contributed by atoms with Crippen molar-refractivity contribution in [2.45, 2.75) is 31.0 Å². The fraction of sp³-hybridized carbons (Fsp3) is 0.316. The molecular weight excluding hydrogens is 380 g/mol. The highest BCUT2D eigenvalue weighted by atomic mass is 32.2. The van der Waals surface area contributed by atoms with Gasteiger partial charge in [0.15, 0.2) is 11.0 Å². The largest absolute Gasteiger partial charge is 0.494 e. The third-order valence-electron chi connectivity index (χ3n) is 4.10. The van der Waals surface area contributed by atoms with Crippen LogP contribution in [0.4, 0.5) is 5.69 Å². The van der Waals surface area contributed by atoms with Crippen LogP contribution >= 0.6 is 23.1 Å². The van der Waals surface area contributed by atoms with Crippen molar-refractivity contribution in [3.05, 3.63) is 41.8 Å². The Kier molecular flexibility index (Phi) is 5.45. The topological polar surface area (TPSA) is 69.0 Å². The molecule has 1 aromatic carbocycles. The molecule has 0 bridgehead atoms. The van der Waals surface area contributed by atoms with Gasteiger partial charge in [-0.1, -0.05) is 17.8 Å². The third-order valence-corrected chi connectivity index (χ3v) is 5.91. The highest BCUT2D eigenvalue weighted by molar-refractivity contribution is 7.99. The molecule has 2 aromatic heterocycles. The molecule has 6 nitrogen and oxygen atoms in total. The molecule has 0 saturated heterocycles. The number of nitrogens with zero attached hydrogens (tertiary/aromatic N) is 3. The molecular formula is C19H20N4O2S2. The fourth-order valence-corrected chi connectivity index (χ4v) is 4.25. The van der Waals surface area contributed by atoms with Crippen LogP contribution in [-0.2, 0) is 4.79 Å². The summed E-state index contributed by atoms with van der Waals surface area (Å²) < 4.78 is 7.59. The Morgan fingerprint density at radius 1 is 1.30 bits per heavy atom. The molecule has 1 amide bonds. The normalized spacial score (nSPS) is 13.5. The SMILES string of the molecule is CCOc1ccc(NC(=O)CSc2nnc(-c3cccs3)n2C2CC2)cc1. The summed E-state index contributed by atoms with van der Waals surface area (Å²) >= 11 is 3.09. The molecule has 3 aromatic rings. The number of carbonyl (C=O) groups is 1. The lowest BCUT2D eigenvalue weighted by atomic mass is 10.3. The highest BCUT2D eigenvalue weighted by Crippen LogP contribution is 2.41. The van der Waals surface area contributed by atoms with Gasteiger partial charge in [-0.3, -0.25) is 9.36 Å². The Labute approximate surface area is 166 Å². The first-order valence-electron chi connectivity index (χ1n) is 8.89. The average molecular weight is 401 g/mol. The van der Waals surface area contributed by atoms with Gasteiger partial charge in [0.25, 0.3) is 0 Å². The van der Waals surface area contributed by atoms with Gasteiger partial charge >= 0.3 is 0 Å². The number of aromatic nitrogens is 3. The standard InChI is InChI=1S/C19H20N4O2S2/c1-2-25-15-9-5-13(6-10-15)20-17(24)12-27-19-22-21-18(16-4-3-11-26-16)23(19)14-7-8-14/h3-6,9-11,14H,2,7-8,12H2,1H3,(H,20,24). The van der Waals surface area contributed by atoms with E-state index in [9.17, 15) is 4.79 Å². The number of amides is 1. The number of ether oxygens (including phenoxy) is 1. The summed E-state index contributed by atoms with van der Waals surface area (Å²) in [7, 11) is 0. The van der Waals surface area contributed by atoms with E-state index in [1.807, 2.05) is 42.6 Å². The predicted octanol–water partition coefficient (Wildman–Crippen LogP) is 4.47. The van der Waals surface area contributed by atoms with Crippen molar-refractivity contribution in [2.75, 3.05) is 17.7 Å². The van der Waals surface area contributed by atoms with Gasteiger partial charge < -0.3 is 10.1 Å². The van der Waals surface area contributed by atoms with Crippen LogP contribution in [-0.4, -0.2) is 33.0 Å². The molecule has 140 valence electrons. The van der Waals surface area contributed by atoms with E-state index in [2.05, 4.69) is 26.1 Å². The van der Waals surface area contributed by atoms with E-state index < -0.39 is 0 Å². The van der Waals surface area contributed by atoms with Gasteiger partial charge in [-0.2, -0.15) is 0 Å². The van der Waals surface area contributed by atoms with Crippen LogP contribution in [0.1, 0.15) is 25.8 Å². The molecule has 1 fully saturated rings. The summed E-state index contributed by atoms with van der Waals surface area (Å²) in [6.07, 6.45) is 2.28. The number of anilines is 1. The van der Waals surface area contributed by atoms with Crippen LogP contribution in [0.5, 0.6) is 5.75 Å². The minimum atomic E-state index is -0.0628. The number of hydrogen-bond acceptors (Lipinski definition) is 6. The van der Waals surface area contributed by atoms with Crippen molar-refractivity contribution >= 4 is 34.7 Å². The van der Waals surface area contributed by atoms with Crippen molar-refractivity contribution in [1.82, 2.24) is 14.8 Å². The second-order valence-electron chi connectivity index (χ2n) is 6.18. The molecule has 1 saturated carbocycles. The second kappa shape index (κ2) is 8.14. The summed E-state index contributed by atoms with van der Waals surface area (Å²) in [4.78, 5) is 13.4. The van der Waals surface area contributed by atoms with Crippen LogP contribution in [0.3, 0.4) is 0 Å². The average Bonchev–Trinajstić information content (AvgIpc) is 3.19. The van der Waals surface area contributed by atoms with E-state index in [0.29, 0.717) is 18.4 Å². The first-order chi connectivity index (χ1) is 13.2. The van der Waals surface area contributed by atoms with Crippen molar-refractivity contribution in [3.8, 4) is 16.5 Å². The van der Waals surface area contributed by atoms with Crippen LogP contribution in [0.25, 0.3) is 10.7 Å². The van der Waals surface area contributed by atoms with Gasteiger partial charge in [-0.25, -0.2) is 0 Å². The maximum Gasteiger partial charge on any atom is 0.234 e. The van der Waals surface area contributed by atoms with Crippen LogP contribution in [0.15, 0.2) is 46.9 Å². The monoisotopic (exact) mass is 400 g/mol. The Morgan fingerprint density at radius 3 is 2.78 bits per heavy atom. The van der Waals surface area contributed by atoms with Crippen molar-refractivity contribution in [3.63, 3.8) is 0 Å². The zero-order chi connectivity index (χ0) is 18.6. The van der Waals surface area contributed by atoms with E-state index >= 15 is 0 Å². The maximum atomic E-state index is 12.3. The summed E-state index contributed by atoms with van der Waals surface area (Å²) in [6, 6.07) is 11.9. The maximum absolute atomic E-state index is 12.3. The zero-order valence-corrected chi connectivity index (χ0v) is 16.6. The third kappa shape index (κ3) is 4.33. The van der Waals surface area contributed by atoms with Gasteiger partial charge in [0.2, 0.25) is 5.91 Å². The summed E-state index contributed by atoms with van der Waals surface area (Å²) in [5.41, 5.74) is 0.756. The number of carbonyl (C=O) groups excluding carboxylic acids is 1. The molecule has 0 aliphatic heterocycles. The number of thioether (sulfide) groups is 1. The zero-order valence-electron chi connectivity index (χ0n) is 14.9. The first kappa shape index (κ1) is 18.1. The molecule has 8 heteroatoms. The minimum Gasteiger partial charge on any atom is -0.494 e. The molecule has 0 spiro atoms. The van der Waals surface area contributed by atoms with E-state index in [0.717, 1.165) is 40.1 Å². The Hall–Kier alpha value is -2.32. The number of benzene rings is 1. The van der Waals surface area contributed by atoms with Crippen LogP contribution < -0.4 is 10.1 Å². The first-order valence-corrected chi connectivity index (χ1v) is 10.8. The molecule has 27 heavy (non-hydrogen) atoms. The smallest absolute Gasteiger partial charge is 0.234 e. The Balaban J connectivity index is 1.39. The number of nitrogens with one attached hydrogen (secondary N) is 1. The lowest BCUT2D eigenvalue weighted by Crippen LogP contribution is -2.14. The van der Waals surface area contributed by atoms with Crippen LogP contribution in [0, 0.1) is 0 Å². The van der Waals surface area contributed by atoms with Gasteiger partial charge in [0, 0.05) is 11.7 Å². The summed E-state index contributed by atoms with van der Waals surface area (Å²) in [5, 5.41) is 14.5. The molecule has 1 aliphatic rings. The molecule has 0 radical (unpaired) electrons. The van der Waals surface area contributed by atoms with Crippen molar-refractivity contribution < 1.29 is 9.53 Å². The second-order valence-corrected chi connectivity index (χ2v) is 8.07. The predicted molar refractivity (Wildman–Crippen MR) is 109 cm³/mol. The lowest BCUT2D eigenvalue weighted by molar-refractivity contribution is -0.113. The lowest BCUT2D eigenvalue weighted by Gasteiger charge is -2.09. The van der Waals surface area contributed by atoms with E-state index in [4.69, 9.17) is 4.74 Å². The number of hydrogen-bond donors (Lipinski definition) is 1. The summed E-state index contributed by atoms with van der Waals surface area (Å²) in [5.74, 6) is 1.93. The Morgan fingerprint density at radius 2 is 2.11 bits per heavy atom. The number of rotatable bonds is 8. The summed E-state index contributed by atoms with van der Waals surface area (Å²) in [6.45, 7) is 2.56.